The van der Waals surface area contributed by atoms with Gasteiger partial charge in [-0.2, -0.15) is 10.4 Å². The summed E-state index contributed by atoms with van der Waals surface area (Å²) in [6, 6.07) is 15.2. The number of benzene rings is 1. The molecule has 0 spiro atoms. The fraction of sp³-hybridized carbons (Fsp3) is 0.0833. The molecule has 0 bridgehead atoms. The number of hydrogen-bond donors (Lipinski definition) is 1. The lowest BCUT2D eigenvalue weighted by molar-refractivity contribution is 0.248. The summed E-state index contributed by atoms with van der Waals surface area (Å²) in [5, 5.41) is 23.3. The number of pyridine rings is 1. The molecule has 5 heterocycles. The number of nitrogens with zero attached hydrogens (tertiary/aromatic N) is 7. The average molecular weight is 500 g/mol. The molecule has 0 saturated heterocycles. The number of hydrogen-bond acceptors (Lipinski definition) is 8. The summed E-state index contributed by atoms with van der Waals surface area (Å²) in [6.07, 6.45) is 6.24. The number of aliphatic hydroxyl groups excluding tert-OH is 1. The Labute approximate surface area is 204 Å². The molecule has 5 aromatic heterocycles. The predicted octanol–water partition coefficient (Wildman–Crippen LogP) is 3.08. The summed E-state index contributed by atoms with van der Waals surface area (Å²) in [7, 11) is -3.89. The van der Waals surface area contributed by atoms with E-state index in [0.717, 1.165) is 3.97 Å². The Balaban J connectivity index is 1.64. The summed E-state index contributed by atoms with van der Waals surface area (Å²) in [5.41, 5.74) is 1.92. The second kappa shape index (κ2) is 8.19. The molecule has 36 heavy (non-hydrogen) atoms. The molecular weight excluding hydrogens is 482 g/mol. The number of rotatable bonds is 6. The van der Waals surface area contributed by atoms with Crippen LogP contribution >= 0.6 is 0 Å². The first-order chi connectivity index (χ1) is 17.5. The summed E-state index contributed by atoms with van der Waals surface area (Å²) < 4.78 is 36.9. The van der Waals surface area contributed by atoms with E-state index >= 15 is 0 Å². The topological polar surface area (TPSA) is 145 Å². The lowest BCUT2D eigenvalue weighted by Crippen LogP contribution is -2.12. The van der Waals surface area contributed by atoms with Crippen molar-refractivity contribution in [3.8, 4) is 23.3 Å². The van der Waals surface area contributed by atoms with Gasteiger partial charge in [0, 0.05) is 11.6 Å². The van der Waals surface area contributed by atoms with E-state index in [2.05, 4.69) is 16.2 Å². The molecule has 0 aliphatic heterocycles. The van der Waals surface area contributed by atoms with Crippen LogP contribution in [0.15, 0.2) is 82.6 Å². The van der Waals surface area contributed by atoms with Crippen molar-refractivity contribution < 1.29 is 17.9 Å². The number of aromatic nitrogens is 6. The predicted molar refractivity (Wildman–Crippen MR) is 128 cm³/mol. The zero-order valence-corrected chi connectivity index (χ0v) is 19.4. The zero-order chi connectivity index (χ0) is 24.9. The van der Waals surface area contributed by atoms with Gasteiger partial charge >= 0.3 is 0 Å². The van der Waals surface area contributed by atoms with E-state index in [1.54, 1.807) is 53.4 Å². The maximum absolute atomic E-state index is 13.4. The number of furan rings is 1. The zero-order valence-electron chi connectivity index (χ0n) is 18.6. The summed E-state index contributed by atoms with van der Waals surface area (Å²) in [5.74, 6) is 1.18. The number of fused-ring (bicyclic) bond motifs is 3. The van der Waals surface area contributed by atoms with Crippen LogP contribution in [0.1, 0.15) is 5.76 Å². The third kappa shape index (κ3) is 3.29. The van der Waals surface area contributed by atoms with Gasteiger partial charge in [-0.15, -0.1) is 0 Å². The molecule has 0 fully saturated rings. The standard InChI is InChI=1S/C24H17N7O4S/c25-9-11-29-14-16(12-27-29)31-22-19-8-10-30(36(33,34)18-4-2-1-3-5-18)23(19)26-13-20(22)28-24(31)21-7-6-17(15-32)35-21/h1-8,10,12-14,32H,11,15H2. The molecule has 0 aliphatic carbocycles. The van der Waals surface area contributed by atoms with Crippen LogP contribution in [0.4, 0.5) is 0 Å². The second-order valence-corrected chi connectivity index (χ2v) is 9.72. The first kappa shape index (κ1) is 21.8. The Morgan fingerprint density at radius 3 is 2.67 bits per heavy atom. The molecule has 0 amide bonds. The quantitative estimate of drug-likeness (QED) is 0.368. The Kier molecular flexibility index (Phi) is 4.96. The minimum absolute atomic E-state index is 0.0556. The van der Waals surface area contributed by atoms with Crippen molar-refractivity contribution in [3.63, 3.8) is 0 Å². The molecule has 6 aromatic rings. The highest BCUT2D eigenvalue weighted by Crippen LogP contribution is 2.34. The molecular formula is C24H17N7O4S. The van der Waals surface area contributed by atoms with Crippen LogP contribution in [0.2, 0.25) is 0 Å². The highest BCUT2D eigenvalue weighted by atomic mass is 32.2. The Hall–Kier alpha value is -4.73. The molecule has 0 atom stereocenters. The summed E-state index contributed by atoms with van der Waals surface area (Å²) in [6.45, 7) is -0.216. The van der Waals surface area contributed by atoms with Crippen molar-refractivity contribution >= 4 is 32.1 Å². The van der Waals surface area contributed by atoms with Gasteiger partial charge in [0.25, 0.3) is 10.0 Å². The molecule has 0 unspecified atom stereocenters. The average Bonchev–Trinajstić information content (AvgIpc) is 3.68. The van der Waals surface area contributed by atoms with E-state index in [1.807, 2.05) is 0 Å². The molecule has 178 valence electrons. The molecule has 11 nitrogen and oxygen atoms in total. The minimum Gasteiger partial charge on any atom is -0.455 e. The van der Waals surface area contributed by atoms with E-state index in [9.17, 15) is 13.5 Å². The van der Waals surface area contributed by atoms with Gasteiger partial charge in [0.1, 0.15) is 24.4 Å². The summed E-state index contributed by atoms with van der Waals surface area (Å²) >= 11 is 0. The largest absolute Gasteiger partial charge is 0.455 e. The van der Waals surface area contributed by atoms with Crippen LogP contribution in [0, 0.1) is 11.3 Å². The van der Waals surface area contributed by atoms with Gasteiger partial charge in [-0.05, 0) is 30.3 Å². The van der Waals surface area contributed by atoms with Crippen LogP contribution in [0.3, 0.4) is 0 Å². The molecule has 1 aromatic carbocycles. The molecule has 12 heteroatoms. The van der Waals surface area contributed by atoms with Gasteiger partial charge in [-0.25, -0.2) is 22.4 Å². The Morgan fingerprint density at radius 1 is 1.08 bits per heavy atom. The van der Waals surface area contributed by atoms with Gasteiger partial charge in [-0.1, -0.05) is 18.2 Å². The van der Waals surface area contributed by atoms with Gasteiger partial charge in [0.15, 0.2) is 17.2 Å². The highest BCUT2D eigenvalue weighted by Gasteiger charge is 2.25. The van der Waals surface area contributed by atoms with Crippen molar-refractivity contribution in [1.82, 2.24) is 28.3 Å². The van der Waals surface area contributed by atoms with E-state index in [-0.39, 0.29) is 23.7 Å². The smallest absolute Gasteiger partial charge is 0.269 e. The van der Waals surface area contributed by atoms with E-state index in [1.165, 1.54) is 29.2 Å². The number of imidazole rings is 1. The van der Waals surface area contributed by atoms with E-state index < -0.39 is 10.0 Å². The first-order valence-corrected chi connectivity index (χ1v) is 12.2. The fourth-order valence-corrected chi connectivity index (χ4v) is 5.47. The third-order valence-corrected chi connectivity index (χ3v) is 7.42. The normalized spacial score (nSPS) is 11.9. The van der Waals surface area contributed by atoms with Crippen LogP contribution < -0.4 is 0 Å². The third-order valence-electron chi connectivity index (χ3n) is 5.74. The van der Waals surface area contributed by atoms with Crippen molar-refractivity contribution in [1.29, 1.82) is 5.26 Å². The molecule has 0 saturated carbocycles. The highest BCUT2D eigenvalue weighted by molar-refractivity contribution is 7.90. The van der Waals surface area contributed by atoms with Crippen LogP contribution in [0.5, 0.6) is 0 Å². The molecule has 0 radical (unpaired) electrons. The number of nitriles is 1. The SMILES string of the molecule is N#CCn1cc(-n2c(-c3ccc(CO)o3)nc3cnc4c(ccn4S(=O)(=O)c4ccccc4)c32)cn1. The monoisotopic (exact) mass is 499 g/mol. The van der Waals surface area contributed by atoms with E-state index in [0.29, 0.717) is 39.5 Å². The fourth-order valence-electron chi connectivity index (χ4n) is 4.15. The van der Waals surface area contributed by atoms with Crippen LogP contribution in [-0.4, -0.2) is 41.8 Å². The lowest BCUT2D eigenvalue weighted by atomic mass is 10.3. The Morgan fingerprint density at radius 2 is 1.92 bits per heavy atom. The van der Waals surface area contributed by atoms with Gasteiger partial charge in [0.05, 0.1) is 40.8 Å². The van der Waals surface area contributed by atoms with Crippen molar-refractivity contribution in [2.45, 2.75) is 18.0 Å². The second-order valence-electron chi connectivity index (χ2n) is 7.91. The van der Waals surface area contributed by atoms with Crippen molar-refractivity contribution in [3.05, 3.63) is 79.1 Å². The minimum atomic E-state index is -3.89. The molecule has 6 rings (SSSR count). The first-order valence-electron chi connectivity index (χ1n) is 10.8. The Bertz CT molecular complexity index is 1890. The lowest BCUT2D eigenvalue weighted by Gasteiger charge is -2.08. The van der Waals surface area contributed by atoms with Crippen molar-refractivity contribution in [2.24, 2.45) is 0 Å². The molecule has 1 N–H and O–H groups in total. The van der Waals surface area contributed by atoms with Gasteiger partial charge in [-0.3, -0.25) is 9.25 Å². The molecule has 0 aliphatic rings. The van der Waals surface area contributed by atoms with Gasteiger partial charge < -0.3 is 9.52 Å². The maximum Gasteiger partial charge on any atom is 0.269 e. The van der Waals surface area contributed by atoms with Gasteiger partial charge in [0.2, 0.25) is 0 Å². The van der Waals surface area contributed by atoms with Crippen LogP contribution in [0.25, 0.3) is 39.3 Å². The maximum atomic E-state index is 13.4. The van der Waals surface area contributed by atoms with Crippen LogP contribution in [-0.2, 0) is 23.2 Å². The van der Waals surface area contributed by atoms with Crippen molar-refractivity contribution in [2.75, 3.05) is 0 Å². The van der Waals surface area contributed by atoms with E-state index in [4.69, 9.17) is 14.7 Å². The summed E-state index contributed by atoms with van der Waals surface area (Å²) in [4.78, 5) is 9.28. The number of aliphatic hydroxyl groups is 1.